The van der Waals surface area contributed by atoms with Crippen LogP contribution >= 0.6 is 46.7 Å². The first kappa shape index (κ1) is 18.5. The van der Waals surface area contributed by atoms with Gasteiger partial charge in [0.2, 0.25) is 0 Å². The Morgan fingerprint density at radius 2 is 2.08 bits per heavy atom. The van der Waals surface area contributed by atoms with Crippen LogP contribution in [0.3, 0.4) is 0 Å². The molecular formula is C13H15N5O3S4. The minimum atomic E-state index is -0.473. The van der Waals surface area contributed by atoms with Gasteiger partial charge in [0, 0.05) is 32.2 Å². The summed E-state index contributed by atoms with van der Waals surface area (Å²) in [5.74, 6) is -0.146. The van der Waals surface area contributed by atoms with Crippen molar-refractivity contribution in [3.63, 3.8) is 0 Å². The third-order valence-corrected chi connectivity index (χ3v) is 7.05. The Hall–Kier alpha value is -1.34. The quantitative estimate of drug-likeness (QED) is 0.320. The summed E-state index contributed by atoms with van der Waals surface area (Å²) in [7, 11) is 0. The average molecular weight is 418 g/mol. The van der Waals surface area contributed by atoms with E-state index in [-0.39, 0.29) is 10.9 Å². The second-order valence-corrected chi connectivity index (χ2v) is 9.02. The molecule has 25 heavy (non-hydrogen) atoms. The second-order valence-electron chi connectivity index (χ2n) is 5.28. The summed E-state index contributed by atoms with van der Waals surface area (Å²) >= 11 is 9.31. The molecule has 134 valence electrons. The molecule has 0 atom stereocenters. The number of hydrogen-bond acceptors (Lipinski definition) is 9. The molecule has 3 rings (SSSR count). The Balaban J connectivity index is 1.57. The number of amides is 1. The normalized spacial score (nSPS) is 15.5. The number of rotatable bonds is 5. The molecule has 0 aromatic carbocycles. The van der Waals surface area contributed by atoms with Crippen LogP contribution in [0.1, 0.15) is 9.67 Å². The Kier molecular flexibility index (Phi) is 5.84. The highest BCUT2D eigenvalue weighted by Crippen LogP contribution is 2.25. The summed E-state index contributed by atoms with van der Waals surface area (Å²) in [6.07, 6.45) is 1.97. The summed E-state index contributed by atoms with van der Waals surface area (Å²) in [6, 6.07) is 2.90. The van der Waals surface area contributed by atoms with Gasteiger partial charge < -0.3 is 4.90 Å². The van der Waals surface area contributed by atoms with Crippen molar-refractivity contribution in [3.05, 3.63) is 31.1 Å². The molecule has 0 aliphatic carbocycles. The van der Waals surface area contributed by atoms with Gasteiger partial charge in [-0.1, -0.05) is 34.4 Å². The van der Waals surface area contributed by atoms with E-state index in [4.69, 9.17) is 12.2 Å². The average Bonchev–Trinajstić information content (AvgIpc) is 3.22. The lowest BCUT2D eigenvalue weighted by Crippen LogP contribution is -2.48. The molecular weight excluding hydrogens is 402 g/mol. The molecule has 2 aromatic heterocycles. The standard InChI is InChI=1S/C13H15N5O3S4/c1-23-12-14-17(13(22)25-12)8-15-4-6-16(7-5-15)11(19)9-2-3-10(24-9)18(20)21/h2-3H,4-8H2,1H3. The molecule has 0 unspecified atom stereocenters. The fraction of sp³-hybridized carbons (Fsp3) is 0.462. The maximum Gasteiger partial charge on any atom is 0.324 e. The van der Waals surface area contributed by atoms with Gasteiger partial charge in [0.1, 0.15) is 0 Å². The van der Waals surface area contributed by atoms with E-state index >= 15 is 0 Å². The minimum Gasteiger partial charge on any atom is -0.335 e. The van der Waals surface area contributed by atoms with Crippen molar-refractivity contribution in [1.82, 2.24) is 19.6 Å². The molecule has 12 heteroatoms. The van der Waals surface area contributed by atoms with Crippen molar-refractivity contribution in [2.75, 3.05) is 32.4 Å². The largest absolute Gasteiger partial charge is 0.335 e. The molecule has 0 N–H and O–H groups in total. The number of carbonyl (C=O) groups excluding carboxylic acids is 1. The highest BCUT2D eigenvalue weighted by atomic mass is 32.2. The molecule has 1 amide bonds. The smallest absolute Gasteiger partial charge is 0.324 e. The second kappa shape index (κ2) is 7.91. The molecule has 2 aromatic rings. The number of thioether (sulfide) groups is 1. The molecule has 0 bridgehead atoms. The molecule has 0 saturated carbocycles. The van der Waals surface area contributed by atoms with Crippen LogP contribution in [0.2, 0.25) is 0 Å². The highest BCUT2D eigenvalue weighted by Gasteiger charge is 2.25. The molecule has 0 radical (unpaired) electrons. The van der Waals surface area contributed by atoms with Crippen LogP contribution in [-0.4, -0.2) is 62.8 Å². The van der Waals surface area contributed by atoms with E-state index in [2.05, 4.69) is 10.00 Å². The number of aromatic nitrogens is 2. The van der Waals surface area contributed by atoms with E-state index in [1.807, 2.05) is 10.9 Å². The Labute approximate surface area is 161 Å². The first-order valence-corrected chi connectivity index (χ1v) is 10.6. The monoisotopic (exact) mass is 417 g/mol. The van der Waals surface area contributed by atoms with Gasteiger partial charge in [-0.3, -0.25) is 19.8 Å². The molecule has 0 spiro atoms. The van der Waals surface area contributed by atoms with E-state index in [1.54, 1.807) is 16.7 Å². The van der Waals surface area contributed by atoms with E-state index < -0.39 is 4.92 Å². The zero-order valence-electron chi connectivity index (χ0n) is 13.3. The van der Waals surface area contributed by atoms with E-state index in [0.717, 1.165) is 19.6 Å². The van der Waals surface area contributed by atoms with Crippen LogP contribution in [0.15, 0.2) is 16.5 Å². The molecule has 3 heterocycles. The van der Waals surface area contributed by atoms with Gasteiger partial charge >= 0.3 is 5.00 Å². The fourth-order valence-corrected chi connectivity index (χ4v) is 4.96. The zero-order chi connectivity index (χ0) is 18.0. The van der Waals surface area contributed by atoms with Crippen molar-refractivity contribution in [2.24, 2.45) is 0 Å². The third-order valence-electron chi connectivity index (χ3n) is 3.74. The van der Waals surface area contributed by atoms with Crippen molar-refractivity contribution in [1.29, 1.82) is 0 Å². The zero-order valence-corrected chi connectivity index (χ0v) is 16.6. The Morgan fingerprint density at radius 3 is 2.64 bits per heavy atom. The van der Waals surface area contributed by atoms with Gasteiger partial charge in [0.25, 0.3) is 5.91 Å². The number of thiophene rings is 1. The number of carbonyl (C=O) groups is 1. The van der Waals surface area contributed by atoms with Crippen LogP contribution in [0, 0.1) is 14.1 Å². The molecule has 1 fully saturated rings. The number of piperazine rings is 1. The van der Waals surface area contributed by atoms with Crippen LogP contribution in [0.4, 0.5) is 5.00 Å². The maximum absolute atomic E-state index is 12.5. The predicted molar refractivity (Wildman–Crippen MR) is 101 cm³/mol. The summed E-state index contributed by atoms with van der Waals surface area (Å²) in [5, 5.41) is 15.2. The number of nitrogens with zero attached hydrogens (tertiary/aromatic N) is 5. The summed E-state index contributed by atoms with van der Waals surface area (Å²) in [4.78, 5) is 27.1. The van der Waals surface area contributed by atoms with Crippen LogP contribution in [-0.2, 0) is 6.67 Å². The van der Waals surface area contributed by atoms with Gasteiger partial charge in [-0.05, 0) is 24.5 Å². The third kappa shape index (κ3) is 4.26. The molecule has 8 nitrogen and oxygen atoms in total. The van der Waals surface area contributed by atoms with Crippen molar-refractivity contribution >= 4 is 57.6 Å². The SMILES string of the molecule is CSc1nn(CN2CCN(C(=O)c3ccc([N+](=O)[O-])s3)CC2)c(=S)s1. The van der Waals surface area contributed by atoms with Crippen LogP contribution < -0.4 is 0 Å². The summed E-state index contributed by atoms with van der Waals surface area (Å²) in [5.41, 5.74) is 0. The maximum atomic E-state index is 12.5. The van der Waals surface area contributed by atoms with Crippen molar-refractivity contribution in [2.45, 2.75) is 11.0 Å². The fourth-order valence-electron chi connectivity index (χ4n) is 2.44. The molecule has 1 saturated heterocycles. The lowest BCUT2D eigenvalue weighted by molar-refractivity contribution is -0.380. The van der Waals surface area contributed by atoms with Crippen LogP contribution in [0.5, 0.6) is 0 Å². The van der Waals surface area contributed by atoms with Crippen molar-refractivity contribution in [3.8, 4) is 0 Å². The predicted octanol–water partition coefficient (Wildman–Crippen LogP) is 2.78. The topological polar surface area (TPSA) is 84.5 Å². The Bertz CT molecular complexity index is 837. The van der Waals surface area contributed by atoms with Gasteiger partial charge in [0.05, 0.1) is 16.5 Å². The highest BCUT2D eigenvalue weighted by molar-refractivity contribution is 8.00. The first-order chi connectivity index (χ1) is 12.0. The van der Waals surface area contributed by atoms with Crippen LogP contribution in [0.25, 0.3) is 0 Å². The van der Waals surface area contributed by atoms with E-state index in [0.29, 0.717) is 37.7 Å². The number of nitro groups is 1. The van der Waals surface area contributed by atoms with Gasteiger partial charge in [0.15, 0.2) is 8.29 Å². The van der Waals surface area contributed by atoms with Gasteiger partial charge in [-0.25, -0.2) is 4.68 Å². The van der Waals surface area contributed by atoms with Gasteiger partial charge in [-0.15, -0.1) is 0 Å². The Morgan fingerprint density at radius 1 is 1.36 bits per heavy atom. The van der Waals surface area contributed by atoms with E-state index in [9.17, 15) is 14.9 Å². The first-order valence-electron chi connectivity index (χ1n) is 7.35. The van der Waals surface area contributed by atoms with E-state index in [1.165, 1.54) is 23.5 Å². The van der Waals surface area contributed by atoms with Gasteiger partial charge in [-0.2, -0.15) is 5.10 Å². The van der Waals surface area contributed by atoms with Crippen molar-refractivity contribution < 1.29 is 9.72 Å². The summed E-state index contributed by atoms with van der Waals surface area (Å²) < 4.78 is 3.50. The molecule has 1 aliphatic rings. The lowest BCUT2D eigenvalue weighted by atomic mass is 10.3. The number of hydrogen-bond donors (Lipinski definition) is 0. The summed E-state index contributed by atoms with van der Waals surface area (Å²) in [6.45, 7) is 3.21. The minimum absolute atomic E-state index is 0.00973. The lowest BCUT2D eigenvalue weighted by Gasteiger charge is -2.34. The molecule has 1 aliphatic heterocycles.